The number of amides is 1. The molecule has 0 saturated carbocycles. The number of piperidine rings is 1. The minimum atomic E-state index is 0.00765. The smallest absolute Gasteiger partial charge is 0.275 e. The highest BCUT2D eigenvalue weighted by Crippen LogP contribution is 2.33. The number of hydrogen-bond acceptors (Lipinski definition) is 4. The number of nitrogens with zero attached hydrogens (tertiary/aromatic N) is 3. The second-order valence-electron chi connectivity index (χ2n) is 6.73. The quantitative estimate of drug-likeness (QED) is 0.581. The van der Waals surface area contributed by atoms with Gasteiger partial charge < -0.3 is 4.90 Å². The third kappa shape index (κ3) is 2.57. The van der Waals surface area contributed by atoms with Crippen LogP contribution in [0.2, 0.25) is 0 Å². The lowest BCUT2D eigenvalue weighted by atomic mass is 9.98. The van der Waals surface area contributed by atoms with E-state index in [4.69, 9.17) is 4.98 Å². The number of nitrogens with one attached hydrogen (secondary N) is 1. The minimum Gasteiger partial charge on any atom is -0.337 e. The van der Waals surface area contributed by atoms with Crippen molar-refractivity contribution < 1.29 is 4.79 Å². The second-order valence-corrected chi connectivity index (χ2v) is 7.79. The molecular formula is C20H18N4OS. The normalized spacial score (nSPS) is 17.8. The van der Waals surface area contributed by atoms with Crippen molar-refractivity contribution in [2.24, 2.45) is 0 Å². The molecule has 0 spiro atoms. The topological polar surface area (TPSA) is 61.9 Å². The molecule has 3 heterocycles. The maximum atomic E-state index is 13.1. The summed E-state index contributed by atoms with van der Waals surface area (Å²) < 4.78 is 1.21. The number of likely N-dealkylation sites (tertiary alicyclic amines) is 1. The van der Waals surface area contributed by atoms with E-state index in [9.17, 15) is 4.79 Å². The summed E-state index contributed by atoms with van der Waals surface area (Å²) in [6, 6.07) is 16.0. The van der Waals surface area contributed by atoms with Crippen molar-refractivity contribution in [3.63, 3.8) is 0 Å². The monoisotopic (exact) mass is 362 g/mol. The van der Waals surface area contributed by atoms with Gasteiger partial charge >= 0.3 is 0 Å². The first kappa shape index (κ1) is 15.5. The van der Waals surface area contributed by atoms with Crippen LogP contribution < -0.4 is 0 Å². The molecule has 1 saturated heterocycles. The van der Waals surface area contributed by atoms with Crippen molar-refractivity contribution in [3.05, 3.63) is 59.2 Å². The Morgan fingerprint density at radius 2 is 2.00 bits per heavy atom. The fourth-order valence-electron chi connectivity index (χ4n) is 3.70. The van der Waals surface area contributed by atoms with Gasteiger partial charge in [0.15, 0.2) is 5.69 Å². The summed E-state index contributed by atoms with van der Waals surface area (Å²) in [6.07, 6.45) is 2.07. The third-order valence-electron chi connectivity index (χ3n) is 5.04. The van der Waals surface area contributed by atoms with E-state index in [1.165, 1.54) is 4.70 Å². The Morgan fingerprint density at radius 3 is 2.92 bits per heavy atom. The lowest BCUT2D eigenvalue weighted by Crippen LogP contribution is -2.39. The van der Waals surface area contributed by atoms with Crippen LogP contribution in [0.4, 0.5) is 0 Å². The van der Waals surface area contributed by atoms with Crippen LogP contribution in [0.5, 0.6) is 0 Å². The van der Waals surface area contributed by atoms with Gasteiger partial charge in [-0.3, -0.25) is 9.89 Å². The standard InChI is InChI=1S/C20H18N4OS/c25-20(18-14-7-1-2-8-15(14)22-23-18)24-11-5-6-13(12-24)19-21-16-9-3-4-10-17(16)26-19/h1-4,7-10,13H,5-6,11-12H2,(H,22,23). The number of rotatable bonds is 2. The molecule has 1 N–H and O–H groups in total. The van der Waals surface area contributed by atoms with Gasteiger partial charge in [-0.1, -0.05) is 30.3 Å². The molecule has 0 bridgehead atoms. The van der Waals surface area contributed by atoms with Gasteiger partial charge in [-0.15, -0.1) is 11.3 Å². The highest BCUT2D eigenvalue weighted by atomic mass is 32.1. The zero-order valence-corrected chi connectivity index (χ0v) is 15.0. The molecule has 0 aliphatic carbocycles. The Balaban J connectivity index is 1.42. The van der Waals surface area contributed by atoms with Crippen molar-refractivity contribution in [1.29, 1.82) is 0 Å². The number of benzene rings is 2. The van der Waals surface area contributed by atoms with Gasteiger partial charge in [0, 0.05) is 24.4 Å². The molecule has 6 heteroatoms. The number of carbonyl (C=O) groups is 1. The van der Waals surface area contributed by atoms with E-state index < -0.39 is 0 Å². The lowest BCUT2D eigenvalue weighted by Gasteiger charge is -2.31. The predicted octanol–water partition coefficient (Wildman–Crippen LogP) is 4.19. The number of aromatic amines is 1. The van der Waals surface area contributed by atoms with Gasteiger partial charge in [-0.25, -0.2) is 4.98 Å². The van der Waals surface area contributed by atoms with Crippen molar-refractivity contribution in [1.82, 2.24) is 20.1 Å². The Morgan fingerprint density at radius 1 is 1.15 bits per heavy atom. The molecule has 2 aromatic carbocycles. The molecule has 130 valence electrons. The van der Waals surface area contributed by atoms with Crippen molar-refractivity contribution in [2.75, 3.05) is 13.1 Å². The zero-order valence-electron chi connectivity index (χ0n) is 14.2. The van der Waals surface area contributed by atoms with E-state index in [0.29, 0.717) is 18.2 Å². The van der Waals surface area contributed by atoms with E-state index in [1.54, 1.807) is 11.3 Å². The minimum absolute atomic E-state index is 0.00765. The van der Waals surface area contributed by atoms with Crippen LogP contribution >= 0.6 is 11.3 Å². The van der Waals surface area contributed by atoms with E-state index in [2.05, 4.69) is 22.3 Å². The molecular weight excluding hydrogens is 344 g/mol. The number of aromatic nitrogens is 3. The number of hydrogen-bond donors (Lipinski definition) is 1. The summed E-state index contributed by atoms with van der Waals surface area (Å²) in [5.41, 5.74) is 2.47. The summed E-state index contributed by atoms with van der Waals surface area (Å²) in [4.78, 5) is 19.8. The summed E-state index contributed by atoms with van der Waals surface area (Å²) in [5, 5.41) is 9.26. The first-order valence-electron chi connectivity index (χ1n) is 8.87. The van der Waals surface area contributed by atoms with Gasteiger partial charge in [-0.05, 0) is 31.0 Å². The molecule has 4 aromatic rings. The fourth-order valence-corrected chi connectivity index (χ4v) is 4.80. The molecule has 26 heavy (non-hydrogen) atoms. The molecule has 1 atom stereocenters. The molecule has 1 amide bonds. The van der Waals surface area contributed by atoms with Crippen molar-refractivity contribution >= 4 is 38.4 Å². The van der Waals surface area contributed by atoms with E-state index in [-0.39, 0.29) is 5.91 Å². The third-order valence-corrected chi connectivity index (χ3v) is 6.24. The summed E-state index contributed by atoms with van der Waals surface area (Å²) >= 11 is 1.75. The lowest BCUT2D eigenvalue weighted by molar-refractivity contribution is 0.0703. The van der Waals surface area contributed by atoms with Crippen LogP contribution in [0.3, 0.4) is 0 Å². The molecule has 1 unspecified atom stereocenters. The van der Waals surface area contributed by atoms with Gasteiger partial charge in [0.25, 0.3) is 5.91 Å². The van der Waals surface area contributed by atoms with Crippen molar-refractivity contribution in [3.8, 4) is 0 Å². The predicted molar refractivity (Wildman–Crippen MR) is 104 cm³/mol. The molecule has 2 aromatic heterocycles. The Labute approximate surface area is 154 Å². The van der Waals surface area contributed by atoms with Crippen LogP contribution in [0.25, 0.3) is 21.1 Å². The summed E-state index contributed by atoms with van der Waals surface area (Å²) in [6.45, 7) is 1.49. The average molecular weight is 362 g/mol. The number of carbonyl (C=O) groups excluding carboxylic acids is 1. The van der Waals surface area contributed by atoms with Crippen LogP contribution in [0.15, 0.2) is 48.5 Å². The Bertz CT molecular complexity index is 1070. The largest absolute Gasteiger partial charge is 0.337 e. The highest BCUT2D eigenvalue weighted by molar-refractivity contribution is 7.18. The summed E-state index contributed by atoms with van der Waals surface area (Å²) in [5.74, 6) is 0.309. The van der Waals surface area contributed by atoms with E-state index in [0.717, 1.165) is 40.8 Å². The van der Waals surface area contributed by atoms with E-state index >= 15 is 0 Å². The maximum Gasteiger partial charge on any atom is 0.275 e. The summed E-state index contributed by atoms with van der Waals surface area (Å²) in [7, 11) is 0. The molecule has 1 aliphatic rings. The Kier molecular flexibility index (Phi) is 3.71. The molecule has 1 fully saturated rings. The Hall–Kier alpha value is -2.73. The first-order chi connectivity index (χ1) is 12.8. The van der Waals surface area contributed by atoms with Crippen LogP contribution in [-0.2, 0) is 0 Å². The zero-order chi connectivity index (χ0) is 17.5. The molecule has 1 aliphatic heterocycles. The number of thiazole rings is 1. The number of para-hydroxylation sites is 2. The maximum absolute atomic E-state index is 13.1. The van der Waals surface area contributed by atoms with Gasteiger partial charge in [0.05, 0.1) is 20.7 Å². The highest BCUT2D eigenvalue weighted by Gasteiger charge is 2.29. The number of fused-ring (bicyclic) bond motifs is 2. The fraction of sp³-hybridized carbons (Fsp3) is 0.250. The molecule has 0 radical (unpaired) electrons. The van der Waals surface area contributed by atoms with Gasteiger partial charge in [0.1, 0.15) is 0 Å². The van der Waals surface area contributed by atoms with Crippen molar-refractivity contribution in [2.45, 2.75) is 18.8 Å². The molecule has 5 rings (SSSR count). The number of H-pyrrole nitrogens is 1. The van der Waals surface area contributed by atoms with Crippen LogP contribution in [-0.4, -0.2) is 39.1 Å². The first-order valence-corrected chi connectivity index (χ1v) is 9.69. The van der Waals surface area contributed by atoms with Gasteiger partial charge in [0.2, 0.25) is 0 Å². The van der Waals surface area contributed by atoms with Crippen LogP contribution in [0.1, 0.15) is 34.3 Å². The van der Waals surface area contributed by atoms with Crippen LogP contribution in [0, 0.1) is 0 Å². The second kappa shape index (κ2) is 6.21. The SMILES string of the molecule is O=C(c1n[nH]c2ccccc12)N1CCCC(c2nc3ccccc3s2)C1. The van der Waals surface area contributed by atoms with E-state index in [1.807, 2.05) is 41.3 Å². The average Bonchev–Trinajstić information content (AvgIpc) is 3.32. The van der Waals surface area contributed by atoms with Gasteiger partial charge in [-0.2, -0.15) is 5.10 Å². The molecule has 5 nitrogen and oxygen atoms in total.